The Kier molecular flexibility index (Phi) is 5.30. The minimum absolute atomic E-state index is 0.00128. The monoisotopic (exact) mass is 394 g/mol. The smallest absolute Gasteiger partial charge is 0.268 e. The number of aromatic amines is 1. The third kappa shape index (κ3) is 3.66. The fourth-order valence-electron chi connectivity index (χ4n) is 2.67. The minimum atomic E-state index is -0.679. The number of nitrogens with one attached hydrogen (secondary N) is 1. The molecule has 0 spiro atoms. The number of hydrogen-bond acceptors (Lipinski definition) is 5. The standard InChI is InChI=1S/C20H12ClFN4O2/c21-16-6-11(4-5-17(16)22)10-28-13-3-1-2-12(7-13)18-14(8-23)19(25)26-20(27)15(18)9-24/h1-7H,10H2,(H3,25,26,27). The quantitative estimate of drug-likeness (QED) is 0.699. The number of benzene rings is 2. The molecule has 0 aliphatic heterocycles. The molecule has 0 bridgehead atoms. The third-order valence-corrected chi connectivity index (χ3v) is 4.27. The molecular weight excluding hydrogens is 383 g/mol. The summed E-state index contributed by atoms with van der Waals surface area (Å²) in [6.45, 7) is 0.122. The van der Waals surface area contributed by atoms with Crippen LogP contribution in [0.1, 0.15) is 16.7 Å². The lowest BCUT2D eigenvalue weighted by Crippen LogP contribution is -2.16. The van der Waals surface area contributed by atoms with Crippen LogP contribution < -0.4 is 16.0 Å². The summed E-state index contributed by atoms with van der Waals surface area (Å²) in [5, 5.41) is 18.7. The van der Waals surface area contributed by atoms with Crippen molar-refractivity contribution >= 4 is 17.4 Å². The van der Waals surface area contributed by atoms with E-state index in [9.17, 15) is 19.7 Å². The van der Waals surface area contributed by atoms with Crippen LogP contribution in [0.2, 0.25) is 5.02 Å². The van der Waals surface area contributed by atoms with Gasteiger partial charge in [-0.25, -0.2) is 4.39 Å². The number of ether oxygens (including phenoxy) is 1. The van der Waals surface area contributed by atoms with Gasteiger partial charge in [0, 0.05) is 5.56 Å². The first-order valence-electron chi connectivity index (χ1n) is 7.97. The van der Waals surface area contributed by atoms with Gasteiger partial charge in [0.2, 0.25) is 0 Å². The van der Waals surface area contributed by atoms with E-state index in [1.54, 1.807) is 30.3 Å². The number of pyridine rings is 1. The zero-order chi connectivity index (χ0) is 20.3. The van der Waals surface area contributed by atoms with Gasteiger partial charge in [0.25, 0.3) is 5.56 Å². The first-order valence-corrected chi connectivity index (χ1v) is 8.35. The van der Waals surface area contributed by atoms with E-state index in [4.69, 9.17) is 22.1 Å². The Morgan fingerprint density at radius 1 is 1.14 bits per heavy atom. The van der Waals surface area contributed by atoms with Crippen molar-refractivity contribution in [3.8, 4) is 29.0 Å². The average Bonchev–Trinajstić information content (AvgIpc) is 2.68. The van der Waals surface area contributed by atoms with Gasteiger partial charge in [-0.1, -0.05) is 29.8 Å². The number of anilines is 1. The van der Waals surface area contributed by atoms with E-state index in [0.717, 1.165) is 0 Å². The van der Waals surface area contributed by atoms with Gasteiger partial charge in [0.05, 0.1) is 5.02 Å². The van der Waals surface area contributed by atoms with Crippen molar-refractivity contribution in [3.63, 3.8) is 0 Å². The highest BCUT2D eigenvalue weighted by molar-refractivity contribution is 6.30. The normalized spacial score (nSPS) is 10.1. The second-order valence-corrected chi connectivity index (χ2v) is 6.19. The van der Waals surface area contributed by atoms with E-state index in [1.165, 1.54) is 12.1 Å². The molecule has 1 aromatic heterocycles. The highest BCUT2D eigenvalue weighted by Crippen LogP contribution is 2.30. The van der Waals surface area contributed by atoms with Gasteiger partial charge < -0.3 is 15.5 Å². The SMILES string of the molecule is N#Cc1c(N)[nH]c(=O)c(C#N)c1-c1cccc(OCc2ccc(F)c(Cl)c2)c1. The number of nitriles is 2. The van der Waals surface area contributed by atoms with Crippen LogP contribution >= 0.6 is 11.6 Å². The van der Waals surface area contributed by atoms with Crippen LogP contribution in [0.4, 0.5) is 10.2 Å². The number of nitrogens with zero attached hydrogens (tertiary/aromatic N) is 2. The molecule has 2 aromatic carbocycles. The molecule has 0 amide bonds. The van der Waals surface area contributed by atoms with Crippen molar-refractivity contribution in [1.82, 2.24) is 4.98 Å². The number of nitrogen functional groups attached to an aromatic ring is 1. The molecule has 0 saturated heterocycles. The molecule has 28 heavy (non-hydrogen) atoms. The number of nitrogens with two attached hydrogens (primary N) is 1. The molecule has 138 valence electrons. The largest absolute Gasteiger partial charge is 0.489 e. The van der Waals surface area contributed by atoms with Gasteiger partial charge in [-0.2, -0.15) is 10.5 Å². The lowest BCUT2D eigenvalue weighted by molar-refractivity contribution is 0.306. The van der Waals surface area contributed by atoms with Crippen LogP contribution in [0.5, 0.6) is 5.75 Å². The van der Waals surface area contributed by atoms with E-state index in [1.807, 2.05) is 12.1 Å². The maximum Gasteiger partial charge on any atom is 0.268 e. The lowest BCUT2D eigenvalue weighted by Gasteiger charge is -2.11. The Labute approximate surface area is 164 Å². The summed E-state index contributed by atoms with van der Waals surface area (Å²) < 4.78 is 18.9. The third-order valence-electron chi connectivity index (χ3n) is 3.98. The minimum Gasteiger partial charge on any atom is -0.489 e. The van der Waals surface area contributed by atoms with Crippen molar-refractivity contribution in [2.45, 2.75) is 6.61 Å². The maximum absolute atomic E-state index is 13.2. The lowest BCUT2D eigenvalue weighted by atomic mass is 9.96. The number of rotatable bonds is 4. The fourth-order valence-corrected chi connectivity index (χ4v) is 2.87. The number of aromatic nitrogens is 1. The zero-order valence-corrected chi connectivity index (χ0v) is 15.0. The van der Waals surface area contributed by atoms with Crippen LogP contribution in [0.25, 0.3) is 11.1 Å². The summed E-state index contributed by atoms with van der Waals surface area (Å²) in [6.07, 6.45) is 0. The van der Waals surface area contributed by atoms with E-state index in [-0.39, 0.29) is 34.1 Å². The van der Waals surface area contributed by atoms with Gasteiger partial charge in [-0.05, 0) is 35.4 Å². The fraction of sp³-hybridized carbons (Fsp3) is 0.0500. The van der Waals surface area contributed by atoms with Crippen LogP contribution in [0.15, 0.2) is 47.3 Å². The molecule has 0 radical (unpaired) electrons. The molecule has 0 unspecified atom stereocenters. The first kappa shape index (κ1) is 19.0. The maximum atomic E-state index is 13.2. The molecule has 0 atom stereocenters. The summed E-state index contributed by atoms with van der Waals surface area (Å²) in [5.41, 5.74) is 6.07. The molecule has 3 N–H and O–H groups in total. The Hall–Kier alpha value is -3.81. The summed E-state index contributed by atoms with van der Waals surface area (Å²) >= 11 is 5.76. The first-order chi connectivity index (χ1) is 13.4. The molecule has 0 aliphatic carbocycles. The molecule has 1 heterocycles. The van der Waals surface area contributed by atoms with Gasteiger partial charge >= 0.3 is 0 Å². The van der Waals surface area contributed by atoms with Gasteiger partial charge in [-0.3, -0.25) is 4.79 Å². The van der Waals surface area contributed by atoms with Crippen molar-refractivity contribution in [2.24, 2.45) is 0 Å². The molecule has 6 nitrogen and oxygen atoms in total. The van der Waals surface area contributed by atoms with Crippen LogP contribution in [0, 0.1) is 28.5 Å². The predicted molar refractivity (Wildman–Crippen MR) is 102 cm³/mol. The highest BCUT2D eigenvalue weighted by atomic mass is 35.5. The van der Waals surface area contributed by atoms with Crippen molar-refractivity contribution in [2.75, 3.05) is 5.73 Å². The Bertz CT molecular complexity index is 1210. The van der Waals surface area contributed by atoms with Crippen LogP contribution in [-0.2, 0) is 6.61 Å². The van der Waals surface area contributed by atoms with Crippen molar-refractivity contribution < 1.29 is 9.13 Å². The molecule has 3 rings (SSSR count). The summed E-state index contributed by atoms with van der Waals surface area (Å²) in [4.78, 5) is 14.3. The topological polar surface area (TPSA) is 116 Å². The highest BCUT2D eigenvalue weighted by Gasteiger charge is 2.18. The van der Waals surface area contributed by atoms with E-state index >= 15 is 0 Å². The number of H-pyrrole nitrogens is 1. The Balaban J connectivity index is 1.98. The second kappa shape index (κ2) is 7.83. The number of halogens is 2. The predicted octanol–water partition coefficient (Wildman–Crippen LogP) is 3.74. The van der Waals surface area contributed by atoms with Crippen molar-refractivity contribution in [3.05, 3.63) is 80.3 Å². The molecule has 0 fully saturated rings. The van der Waals surface area contributed by atoms with E-state index in [0.29, 0.717) is 16.9 Å². The Morgan fingerprint density at radius 3 is 2.57 bits per heavy atom. The summed E-state index contributed by atoms with van der Waals surface area (Å²) in [5.74, 6) is -0.217. The molecule has 0 saturated carbocycles. The van der Waals surface area contributed by atoms with Gasteiger partial charge in [-0.15, -0.1) is 0 Å². The van der Waals surface area contributed by atoms with E-state index in [2.05, 4.69) is 4.98 Å². The van der Waals surface area contributed by atoms with E-state index < -0.39 is 11.4 Å². The summed E-state index contributed by atoms with van der Waals surface area (Å²) in [7, 11) is 0. The van der Waals surface area contributed by atoms with Crippen LogP contribution in [-0.4, -0.2) is 4.98 Å². The molecule has 0 aliphatic rings. The molecule has 3 aromatic rings. The number of hydrogen-bond donors (Lipinski definition) is 2. The summed E-state index contributed by atoms with van der Waals surface area (Å²) in [6, 6.07) is 14.5. The van der Waals surface area contributed by atoms with Gasteiger partial charge in [0.1, 0.15) is 47.3 Å². The Morgan fingerprint density at radius 2 is 1.89 bits per heavy atom. The second-order valence-electron chi connectivity index (χ2n) is 5.78. The zero-order valence-electron chi connectivity index (χ0n) is 14.3. The average molecular weight is 395 g/mol. The van der Waals surface area contributed by atoms with Gasteiger partial charge in [0.15, 0.2) is 0 Å². The van der Waals surface area contributed by atoms with Crippen LogP contribution in [0.3, 0.4) is 0 Å². The molecule has 8 heteroatoms. The van der Waals surface area contributed by atoms with Crippen molar-refractivity contribution in [1.29, 1.82) is 10.5 Å². The molecular formula is C20H12ClFN4O2.